The van der Waals surface area contributed by atoms with Crippen molar-refractivity contribution in [3.8, 4) is 28.2 Å². The normalized spacial score (nSPS) is 13.3. The van der Waals surface area contributed by atoms with Crippen molar-refractivity contribution in [3.05, 3.63) is 122 Å². The fourth-order valence-corrected chi connectivity index (χ4v) is 6.01. The maximum Gasteiger partial charge on any atom is 0.145 e. The molecule has 41 heavy (non-hydrogen) atoms. The number of hydrogen-bond acceptors (Lipinski definition) is 4. The summed E-state index contributed by atoms with van der Waals surface area (Å²) in [5, 5.41) is 2.31. The van der Waals surface area contributed by atoms with Crippen LogP contribution in [0, 0.1) is 0 Å². The highest BCUT2D eigenvalue weighted by Crippen LogP contribution is 2.36. The monoisotopic (exact) mass is 532 g/mol. The summed E-state index contributed by atoms with van der Waals surface area (Å²) in [6, 6.07) is 36.5. The van der Waals surface area contributed by atoms with Gasteiger partial charge in [-0.1, -0.05) is 54.6 Å². The Bertz CT molecular complexity index is 2120. The van der Waals surface area contributed by atoms with Gasteiger partial charge in [0.15, 0.2) is 0 Å². The van der Waals surface area contributed by atoms with E-state index in [4.69, 9.17) is 9.97 Å². The summed E-state index contributed by atoms with van der Waals surface area (Å²) in [4.78, 5) is 14.3. The Kier molecular flexibility index (Phi) is 5.22. The Morgan fingerprint density at radius 3 is 2.32 bits per heavy atom. The van der Waals surface area contributed by atoms with Crippen LogP contribution in [0.1, 0.15) is 0 Å². The largest absolute Gasteiger partial charge is 0.361 e. The molecule has 0 unspecified atom stereocenters. The molecule has 3 aromatic heterocycles. The molecule has 0 N–H and O–H groups in total. The molecular formula is C35H28N6. The average molecular weight is 533 g/mol. The molecule has 1 aliphatic rings. The zero-order chi connectivity index (χ0) is 27.5. The molecule has 4 aromatic carbocycles. The third kappa shape index (κ3) is 3.79. The van der Waals surface area contributed by atoms with Crippen LogP contribution < -0.4 is 4.90 Å². The van der Waals surface area contributed by atoms with E-state index in [0.717, 1.165) is 57.0 Å². The second-order valence-corrected chi connectivity index (χ2v) is 10.7. The Balaban J connectivity index is 1.30. The van der Waals surface area contributed by atoms with Crippen molar-refractivity contribution in [1.29, 1.82) is 0 Å². The van der Waals surface area contributed by atoms with E-state index in [0.29, 0.717) is 0 Å². The van der Waals surface area contributed by atoms with Gasteiger partial charge in [-0.2, -0.15) is 0 Å². The predicted octanol–water partition coefficient (Wildman–Crippen LogP) is 7.58. The lowest BCUT2D eigenvalue weighted by molar-refractivity contribution is 0.496. The van der Waals surface area contributed by atoms with Crippen molar-refractivity contribution >= 4 is 38.7 Å². The van der Waals surface area contributed by atoms with Crippen molar-refractivity contribution < 1.29 is 0 Å². The molecule has 0 saturated carbocycles. The van der Waals surface area contributed by atoms with Gasteiger partial charge in [-0.3, -0.25) is 4.57 Å². The molecule has 4 heterocycles. The first-order valence-corrected chi connectivity index (χ1v) is 13.8. The lowest BCUT2D eigenvalue weighted by Crippen LogP contribution is -2.21. The SMILES string of the molecule is CN1C=CN(c2cccc(-n3c4cc(-c5nc6ccc(-c7ccccc7)cc6n5C)ccc4c4cccnc43)c2)C1. The smallest absolute Gasteiger partial charge is 0.145 e. The fourth-order valence-electron chi connectivity index (χ4n) is 6.01. The molecule has 0 bridgehead atoms. The Morgan fingerprint density at radius 2 is 1.46 bits per heavy atom. The predicted molar refractivity (Wildman–Crippen MR) is 168 cm³/mol. The second kappa shape index (κ2) is 9.10. The first-order valence-electron chi connectivity index (χ1n) is 13.8. The fraction of sp³-hybridized carbons (Fsp3) is 0.0857. The van der Waals surface area contributed by atoms with Crippen LogP contribution in [0.15, 0.2) is 122 Å². The van der Waals surface area contributed by atoms with E-state index in [2.05, 4.69) is 136 Å². The number of anilines is 1. The molecule has 0 amide bonds. The lowest BCUT2D eigenvalue weighted by Gasteiger charge is -2.19. The average Bonchev–Trinajstić information content (AvgIpc) is 3.70. The van der Waals surface area contributed by atoms with E-state index in [1.807, 2.05) is 18.3 Å². The van der Waals surface area contributed by atoms with E-state index in [-0.39, 0.29) is 0 Å². The maximum absolute atomic E-state index is 5.07. The quantitative estimate of drug-likeness (QED) is 0.234. The summed E-state index contributed by atoms with van der Waals surface area (Å²) in [5.74, 6) is 0.941. The third-order valence-corrected chi connectivity index (χ3v) is 8.07. The van der Waals surface area contributed by atoms with Gasteiger partial charge >= 0.3 is 0 Å². The molecule has 8 rings (SSSR count). The highest BCUT2D eigenvalue weighted by Gasteiger charge is 2.18. The first kappa shape index (κ1) is 23.5. The third-order valence-electron chi connectivity index (χ3n) is 8.07. The van der Waals surface area contributed by atoms with Gasteiger partial charge in [-0.05, 0) is 59.7 Å². The Morgan fingerprint density at radius 1 is 0.634 bits per heavy atom. The Labute approximate surface area is 238 Å². The summed E-state index contributed by atoms with van der Waals surface area (Å²) in [7, 11) is 4.19. The van der Waals surface area contributed by atoms with Crippen LogP contribution in [0.25, 0.3) is 61.2 Å². The van der Waals surface area contributed by atoms with Crippen molar-refractivity contribution in [2.45, 2.75) is 0 Å². The number of nitrogens with zero attached hydrogens (tertiary/aromatic N) is 6. The summed E-state index contributed by atoms with van der Waals surface area (Å²) < 4.78 is 4.47. The molecule has 6 heteroatoms. The van der Waals surface area contributed by atoms with Crippen LogP contribution in [0.3, 0.4) is 0 Å². The van der Waals surface area contributed by atoms with Crippen LogP contribution in [0.5, 0.6) is 0 Å². The van der Waals surface area contributed by atoms with Gasteiger partial charge in [0.25, 0.3) is 0 Å². The highest BCUT2D eigenvalue weighted by molar-refractivity contribution is 6.09. The minimum Gasteiger partial charge on any atom is -0.361 e. The summed E-state index contributed by atoms with van der Waals surface area (Å²) >= 11 is 0. The van der Waals surface area contributed by atoms with Gasteiger partial charge in [-0.15, -0.1) is 0 Å². The van der Waals surface area contributed by atoms with Crippen molar-refractivity contribution in [1.82, 2.24) is 24.0 Å². The van der Waals surface area contributed by atoms with E-state index in [1.165, 1.54) is 16.5 Å². The van der Waals surface area contributed by atoms with Gasteiger partial charge in [0.2, 0.25) is 0 Å². The van der Waals surface area contributed by atoms with Crippen molar-refractivity contribution in [2.75, 3.05) is 18.6 Å². The van der Waals surface area contributed by atoms with Gasteiger partial charge in [-0.25, -0.2) is 9.97 Å². The van der Waals surface area contributed by atoms with Crippen LogP contribution in [-0.4, -0.2) is 37.7 Å². The summed E-state index contributed by atoms with van der Waals surface area (Å²) in [6.45, 7) is 0.831. The number of aryl methyl sites for hydroxylation is 1. The molecule has 0 aliphatic carbocycles. The number of benzene rings is 4. The summed E-state index contributed by atoms with van der Waals surface area (Å²) in [6.07, 6.45) is 6.09. The Hall–Kier alpha value is -5.36. The minimum atomic E-state index is 0.831. The van der Waals surface area contributed by atoms with Gasteiger partial charge in [0, 0.05) is 60.4 Å². The molecule has 6 nitrogen and oxygen atoms in total. The molecule has 0 saturated heterocycles. The molecule has 0 spiro atoms. The first-order chi connectivity index (χ1) is 20.1. The molecular weight excluding hydrogens is 504 g/mol. The molecule has 1 aliphatic heterocycles. The number of imidazole rings is 1. The van der Waals surface area contributed by atoms with Crippen LogP contribution in [-0.2, 0) is 7.05 Å². The van der Waals surface area contributed by atoms with Gasteiger partial charge in [0.05, 0.1) is 23.2 Å². The molecule has 0 radical (unpaired) electrons. The molecule has 7 aromatic rings. The van der Waals surface area contributed by atoms with Gasteiger partial charge in [0.1, 0.15) is 11.5 Å². The highest BCUT2D eigenvalue weighted by atomic mass is 15.3. The molecule has 0 fully saturated rings. The zero-order valence-corrected chi connectivity index (χ0v) is 22.9. The zero-order valence-electron chi connectivity index (χ0n) is 22.9. The number of hydrogen-bond donors (Lipinski definition) is 0. The van der Waals surface area contributed by atoms with E-state index in [1.54, 1.807) is 0 Å². The maximum atomic E-state index is 5.07. The number of aromatic nitrogens is 4. The van der Waals surface area contributed by atoms with Crippen molar-refractivity contribution in [2.24, 2.45) is 7.05 Å². The van der Waals surface area contributed by atoms with E-state index >= 15 is 0 Å². The summed E-state index contributed by atoms with van der Waals surface area (Å²) in [5.41, 5.74) is 9.85. The van der Waals surface area contributed by atoms with Crippen LogP contribution in [0.4, 0.5) is 5.69 Å². The minimum absolute atomic E-state index is 0.831. The lowest BCUT2D eigenvalue weighted by atomic mass is 10.1. The van der Waals surface area contributed by atoms with Crippen LogP contribution >= 0.6 is 0 Å². The number of pyridine rings is 1. The standard InChI is InChI=1S/C35H28N6/c1-38-18-19-40(23-38)27-10-6-11-28(22-27)41-32-21-26(13-15-29(32)30-12-7-17-36-35(30)41)34-37-31-16-14-25(20-33(31)39(34)2)24-8-4-3-5-9-24/h3-22H,23H2,1-2H3. The van der Waals surface area contributed by atoms with Crippen molar-refractivity contribution in [3.63, 3.8) is 0 Å². The topological polar surface area (TPSA) is 42.1 Å². The van der Waals surface area contributed by atoms with Gasteiger partial charge < -0.3 is 14.4 Å². The molecule has 0 atom stereocenters. The van der Waals surface area contributed by atoms with Crippen LogP contribution in [0.2, 0.25) is 0 Å². The van der Waals surface area contributed by atoms with E-state index in [9.17, 15) is 0 Å². The number of rotatable bonds is 4. The number of fused-ring (bicyclic) bond motifs is 4. The second-order valence-electron chi connectivity index (χ2n) is 10.7. The molecule has 198 valence electrons. The van der Waals surface area contributed by atoms with E-state index < -0.39 is 0 Å².